The van der Waals surface area contributed by atoms with Crippen LogP contribution in [0, 0.1) is 11.6 Å². The summed E-state index contributed by atoms with van der Waals surface area (Å²) in [7, 11) is 3.92. The van der Waals surface area contributed by atoms with Crippen LogP contribution in [0.4, 0.5) is 8.78 Å². The van der Waals surface area contributed by atoms with Crippen LogP contribution in [0.2, 0.25) is 0 Å². The molecule has 0 bridgehead atoms. The molecule has 1 amide bonds. The molecule has 1 N–H and O–H groups in total. The monoisotopic (exact) mass is 395 g/mol. The Balaban J connectivity index is 1.47. The quantitative estimate of drug-likeness (QED) is 0.812. The summed E-state index contributed by atoms with van der Waals surface area (Å²) in [5.74, 6) is -1.26. The third kappa shape index (κ3) is 5.71. The largest absolute Gasteiger partial charge is 0.490 e. The van der Waals surface area contributed by atoms with Crippen LogP contribution in [-0.2, 0) is 6.54 Å². The van der Waals surface area contributed by atoms with Gasteiger partial charge in [0.1, 0.15) is 28.1 Å². The van der Waals surface area contributed by atoms with E-state index < -0.39 is 11.6 Å². The van der Waals surface area contributed by atoms with E-state index in [0.29, 0.717) is 25.1 Å². The van der Waals surface area contributed by atoms with Crippen molar-refractivity contribution in [2.24, 2.45) is 0 Å². The van der Waals surface area contributed by atoms with Crippen molar-refractivity contribution >= 4 is 17.2 Å². The number of halogens is 2. The number of hydrogen-bond acceptors (Lipinski definition) is 5. The van der Waals surface area contributed by atoms with Gasteiger partial charge in [-0.2, -0.15) is 0 Å². The number of thiazole rings is 1. The number of nitrogens with one attached hydrogen (secondary N) is 1. The molecule has 3 rings (SSSR count). The number of nitrogens with zero attached hydrogens (tertiary/aromatic N) is 2. The van der Waals surface area contributed by atoms with Crippen LogP contribution in [0.15, 0.2) is 23.6 Å². The molecule has 1 saturated carbocycles. The fraction of sp³-hybridized carbons (Fsp3) is 0.474. The van der Waals surface area contributed by atoms with Crippen LogP contribution in [0.25, 0.3) is 0 Å². The molecule has 1 aliphatic rings. The third-order valence-corrected chi connectivity index (χ3v) is 5.22. The lowest BCUT2D eigenvalue weighted by atomic mass is 9.93. The second-order valence-corrected chi connectivity index (χ2v) is 7.98. The number of hydrogen-bond donors (Lipinski definition) is 1. The molecule has 146 valence electrons. The minimum atomic E-state index is -0.650. The Morgan fingerprint density at radius 1 is 1.22 bits per heavy atom. The van der Waals surface area contributed by atoms with Gasteiger partial charge in [-0.25, -0.2) is 13.8 Å². The Morgan fingerprint density at radius 2 is 1.89 bits per heavy atom. The molecule has 1 heterocycles. The Kier molecular flexibility index (Phi) is 6.38. The van der Waals surface area contributed by atoms with Gasteiger partial charge >= 0.3 is 0 Å². The van der Waals surface area contributed by atoms with Crippen LogP contribution in [-0.4, -0.2) is 42.0 Å². The molecule has 1 aromatic carbocycles. The topological polar surface area (TPSA) is 54.5 Å². The summed E-state index contributed by atoms with van der Waals surface area (Å²) >= 11 is 1.48. The second-order valence-electron chi connectivity index (χ2n) is 7.03. The highest BCUT2D eigenvalue weighted by molar-refractivity contribution is 7.09. The van der Waals surface area contributed by atoms with Gasteiger partial charge in [-0.3, -0.25) is 4.79 Å². The van der Waals surface area contributed by atoms with E-state index in [9.17, 15) is 13.6 Å². The van der Waals surface area contributed by atoms with Crippen molar-refractivity contribution in [2.45, 2.75) is 44.4 Å². The Bertz CT molecular complexity index is 769. The molecule has 0 atom stereocenters. The van der Waals surface area contributed by atoms with E-state index in [1.165, 1.54) is 23.5 Å². The van der Waals surface area contributed by atoms with E-state index in [-0.39, 0.29) is 23.8 Å². The molecule has 8 heteroatoms. The van der Waals surface area contributed by atoms with Crippen molar-refractivity contribution in [2.75, 3.05) is 14.1 Å². The molecule has 5 nitrogen and oxygen atoms in total. The van der Waals surface area contributed by atoms with Crippen molar-refractivity contribution in [1.82, 2.24) is 15.2 Å². The molecular weight excluding hydrogens is 372 g/mol. The zero-order chi connectivity index (χ0) is 19.4. The first kappa shape index (κ1) is 19.7. The Labute approximate surface area is 161 Å². The molecule has 0 saturated heterocycles. The molecule has 1 fully saturated rings. The highest BCUT2D eigenvalue weighted by Gasteiger charge is 2.25. The van der Waals surface area contributed by atoms with Gasteiger partial charge in [0, 0.05) is 36.2 Å². The first-order valence-electron chi connectivity index (χ1n) is 8.92. The molecule has 0 unspecified atom stereocenters. The van der Waals surface area contributed by atoms with Crippen LogP contribution in [0.5, 0.6) is 5.75 Å². The van der Waals surface area contributed by atoms with E-state index in [4.69, 9.17) is 4.74 Å². The first-order valence-corrected chi connectivity index (χ1v) is 9.80. The number of carbonyl (C=O) groups excluding carboxylic acids is 1. The van der Waals surface area contributed by atoms with Gasteiger partial charge < -0.3 is 15.0 Å². The van der Waals surface area contributed by atoms with E-state index in [2.05, 4.69) is 10.3 Å². The maximum absolute atomic E-state index is 13.2. The summed E-state index contributed by atoms with van der Waals surface area (Å²) in [6.45, 7) is 0.709. The van der Waals surface area contributed by atoms with Gasteiger partial charge in [-0.15, -0.1) is 11.3 Å². The lowest BCUT2D eigenvalue weighted by molar-refractivity contribution is 0.0889. The third-order valence-electron chi connectivity index (χ3n) is 4.38. The first-order chi connectivity index (χ1) is 12.9. The highest BCUT2D eigenvalue weighted by Crippen LogP contribution is 2.25. The van der Waals surface area contributed by atoms with Crippen molar-refractivity contribution in [3.63, 3.8) is 0 Å². The van der Waals surface area contributed by atoms with E-state index in [0.717, 1.165) is 23.9 Å². The van der Waals surface area contributed by atoms with E-state index >= 15 is 0 Å². The maximum Gasteiger partial charge on any atom is 0.270 e. The number of rotatable bonds is 6. The standard InChI is InChI=1S/C19H23F2N3O2S/c1-24(2)10-18-23-17(11-27-18)19(25)22-14-3-5-15(6-4-14)26-16-8-12(20)7-13(21)9-16/h7-9,11,14-15H,3-6,10H2,1-2H3,(H,22,25). The van der Waals surface area contributed by atoms with E-state index in [1.807, 2.05) is 19.0 Å². The number of carbonyl (C=O) groups is 1. The minimum absolute atomic E-state index is 0.0561. The van der Waals surface area contributed by atoms with Crippen LogP contribution in [0.3, 0.4) is 0 Å². The maximum atomic E-state index is 13.2. The Hall–Kier alpha value is -2.06. The van der Waals surface area contributed by atoms with Gasteiger partial charge in [-0.05, 0) is 39.8 Å². The average molecular weight is 395 g/mol. The summed E-state index contributed by atoms with van der Waals surface area (Å²) in [4.78, 5) is 18.7. The van der Waals surface area contributed by atoms with E-state index in [1.54, 1.807) is 5.38 Å². The predicted molar refractivity (Wildman–Crippen MR) is 100 cm³/mol. The van der Waals surface area contributed by atoms with Crippen molar-refractivity contribution in [3.05, 3.63) is 45.9 Å². The molecule has 2 aromatic rings. The van der Waals surface area contributed by atoms with Crippen molar-refractivity contribution in [3.8, 4) is 5.75 Å². The molecule has 0 radical (unpaired) electrons. The van der Waals surface area contributed by atoms with Gasteiger partial charge in [0.25, 0.3) is 5.91 Å². The van der Waals surface area contributed by atoms with Gasteiger partial charge in [-0.1, -0.05) is 0 Å². The number of aromatic nitrogens is 1. The number of ether oxygens (including phenoxy) is 1. The molecule has 1 aromatic heterocycles. The summed E-state index contributed by atoms with van der Waals surface area (Å²) in [5, 5.41) is 5.71. The molecule has 1 aliphatic carbocycles. The smallest absolute Gasteiger partial charge is 0.270 e. The summed E-state index contributed by atoms with van der Waals surface area (Å²) in [6.07, 6.45) is 2.83. The number of amides is 1. The molecule has 0 aliphatic heterocycles. The predicted octanol–water partition coefficient (Wildman–Crippen LogP) is 3.60. The van der Waals surface area contributed by atoms with Crippen molar-refractivity contribution < 1.29 is 18.3 Å². The average Bonchev–Trinajstić information content (AvgIpc) is 3.03. The minimum Gasteiger partial charge on any atom is -0.490 e. The Morgan fingerprint density at radius 3 is 2.52 bits per heavy atom. The summed E-state index contributed by atoms with van der Waals surface area (Å²) in [5.41, 5.74) is 0.449. The summed E-state index contributed by atoms with van der Waals surface area (Å²) in [6, 6.07) is 3.25. The second kappa shape index (κ2) is 8.75. The fourth-order valence-corrected chi connectivity index (χ4v) is 4.02. The van der Waals surface area contributed by atoms with Gasteiger partial charge in [0.15, 0.2) is 0 Å². The van der Waals surface area contributed by atoms with Gasteiger partial charge in [0.05, 0.1) is 6.10 Å². The fourth-order valence-electron chi connectivity index (χ4n) is 3.13. The number of benzene rings is 1. The van der Waals surface area contributed by atoms with Crippen LogP contribution in [0.1, 0.15) is 41.2 Å². The summed E-state index contributed by atoms with van der Waals surface area (Å²) < 4.78 is 32.2. The van der Waals surface area contributed by atoms with Crippen molar-refractivity contribution in [1.29, 1.82) is 0 Å². The van der Waals surface area contributed by atoms with Crippen LogP contribution < -0.4 is 10.1 Å². The lowest BCUT2D eigenvalue weighted by Gasteiger charge is -2.29. The zero-order valence-corrected chi connectivity index (χ0v) is 16.2. The zero-order valence-electron chi connectivity index (χ0n) is 15.4. The normalized spacial score (nSPS) is 19.9. The molecule has 27 heavy (non-hydrogen) atoms. The van der Waals surface area contributed by atoms with Gasteiger partial charge in [0.2, 0.25) is 0 Å². The van der Waals surface area contributed by atoms with Crippen LogP contribution >= 0.6 is 11.3 Å². The highest BCUT2D eigenvalue weighted by atomic mass is 32.1. The molecular formula is C19H23F2N3O2S. The lowest BCUT2D eigenvalue weighted by Crippen LogP contribution is -2.39. The molecule has 0 spiro atoms. The SMILES string of the molecule is CN(C)Cc1nc(C(=O)NC2CCC(Oc3cc(F)cc(F)c3)CC2)cs1.